The van der Waals surface area contributed by atoms with Crippen LogP contribution >= 0.6 is 0 Å². The average Bonchev–Trinajstić information content (AvgIpc) is 2.67. The number of amides is 1. The Kier molecular flexibility index (Phi) is 12.8. The van der Waals surface area contributed by atoms with Crippen LogP contribution < -0.4 is 10.1 Å². The molecule has 0 bridgehead atoms. The van der Waals surface area contributed by atoms with Crippen molar-refractivity contribution in [3.63, 3.8) is 0 Å². The molecule has 0 aromatic heterocycles. The summed E-state index contributed by atoms with van der Waals surface area (Å²) < 4.78 is 21.7. The van der Waals surface area contributed by atoms with E-state index in [2.05, 4.69) is 5.32 Å². The van der Waals surface area contributed by atoms with E-state index in [0.29, 0.717) is 19.8 Å². The third-order valence-corrected chi connectivity index (χ3v) is 4.06. The van der Waals surface area contributed by atoms with Crippen LogP contribution in [0.4, 0.5) is 4.79 Å². The van der Waals surface area contributed by atoms with Gasteiger partial charge in [-0.15, -0.1) is 0 Å². The van der Waals surface area contributed by atoms with Crippen LogP contribution in [-0.4, -0.2) is 51.0 Å². The molecule has 0 aliphatic rings. The summed E-state index contributed by atoms with van der Waals surface area (Å²) >= 11 is 0. The summed E-state index contributed by atoms with van der Waals surface area (Å²) in [7, 11) is 0. The first-order chi connectivity index (χ1) is 14.3. The summed E-state index contributed by atoms with van der Waals surface area (Å²) in [4.78, 5) is 22.0. The maximum absolute atomic E-state index is 11.9. The zero-order valence-electron chi connectivity index (χ0n) is 18.8. The van der Waals surface area contributed by atoms with Crippen LogP contribution in [0.3, 0.4) is 0 Å². The molecule has 1 aromatic rings. The van der Waals surface area contributed by atoms with Gasteiger partial charge < -0.3 is 29.1 Å². The Balaban J connectivity index is 2.17. The summed E-state index contributed by atoms with van der Waals surface area (Å²) in [6.07, 6.45) is 4.07. The first-order valence-corrected chi connectivity index (χ1v) is 10.6. The largest absolute Gasteiger partial charge is 0.494 e. The monoisotopic (exact) mass is 423 g/mol. The van der Waals surface area contributed by atoms with Crippen LogP contribution in [0.5, 0.6) is 5.75 Å². The fourth-order valence-electron chi connectivity index (χ4n) is 2.61. The van der Waals surface area contributed by atoms with Gasteiger partial charge in [0, 0.05) is 19.8 Å². The van der Waals surface area contributed by atoms with E-state index in [9.17, 15) is 9.59 Å². The van der Waals surface area contributed by atoms with Crippen molar-refractivity contribution in [2.45, 2.75) is 65.0 Å². The molecule has 30 heavy (non-hydrogen) atoms. The van der Waals surface area contributed by atoms with Crippen LogP contribution in [0.15, 0.2) is 24.3 Å². The van der Waals surface area contributed by atoms with Crippen molar-refractivity contribution in [1.82, 2.24) is 5.32 Å². The standard InChI is InChI=1S/C23H37NO6/c1-19(24-22(26)30-23(2,3)4)20-10-8-11-21(18-20)29-16-7-5-6-13-27-14-9-15-28-17-12-25/h8,10-12,18-19H,5-7,9,13-17H2,1-4H3,(H,24,26). The number of unbranched alkanes of at least 4 members (excludes halogenated alkanes) is 2. The molecule has 1 amide bonds. The number of alkyl carbamates (subject to hydrolysis) is 1. The van der Waals surface area contributed by atoms with E-state index >= 15 is 0 Å². The van der Waals surface area contributed by atoms with Gasteiger partial charge >= 0.3 is 6.09 Å². The van der Waals surface area contributed by atoms with Gasteiger partial charge in [-0.2, -0.15) is 0 Å². The van der Waals surface area contributed by atoms with Crippen molar-refractivity contribution in [1.29, 1.82) is 0 Å². The minimum Gasteiger partial charge on any atom is -0.494 e. The Morgan fingerprint density at radius 2 is 1.73 bits per heavy atom. The predicted molar refractivity (Wildman–Crippen MR) is 116 cm³/mol. The van der Waals surface area contributed by atoms with E-state index in [1.165, 1.54) is 0 Å². The first-order valence-electron chi connectivity index (χ1n) is 10.6. The van der Waals surface area contributed by atoms with Gasteiger partial charge in [-0.25, -0.2) is 4.79 Å². The van der Waals surface area contributed by atoms with E-state index in [1.54, 1.807) is 0 Å². The summed E-state index contributed by atoms with van der Waals surface area (Å²) in [5.74, 6) is 0.789. The smallest absolute Gasteiger partial charge is 0.408 e. The molecule has 7 heteroatoms. The molecule has 170 valence electrons. The molecule has 0 spiro atoms. The molecule has 1 rings (SSSR count). The first kappa shape index (κ1) is 25.9. The fourth-order valence-corrected chi connectivity index (χ4v) is 2.61. The van der Waals surface area contributed by atoms with Gasteiger partial charge in [-0.1, -0.05) is 12.1 Å². The van der Waals surface area contributed by atoms with Gasteiger partial charge in [0.1, 0.15) is 24.2 Å². The topological polar surface area (TPSA) is 83.1 Å². The predicted octanol–water partition coefficient (Wildman–Crippen LogP) is 4.44. The highest BCUT2D eigenvalue weighted by Crippen LogP contribution is 2.20. The Labute approximate surface area is 180 Å². The number of aldehydes is 1. The van der Waals surface area contributed by atoms with Crippen LogP contribution in [0.2, 0.25) is 0 Å². The van der Waals surface area contributed by atoms with Crippen LogP contribution in [0.25, 0.3) is 0 Å². The second kappa shape index (κ2) is 14.8. The number of nitrogens with one attached hydrogen (secondary N) is 1. The lowest BCUT2D eigenvalue weighted by molar-refractivity contribution is -0.112. The number of rotatable bonds is 15. The number of carbonyl (C=O) groups is 2. The van der Waals surface area contributed by atoms with E-state index in [4.69, 9.17) is 18.9 Å². The molecule has 1 aromatic carbocycles. The number of benzene rings is 1. The maximum Gasteiger partial charge on any atom is 0.408 e. The van der Waals surface area contributed by atoms with Gasteiger partial charge in [0.25, 0.3) is 0 Å². The highest BCUT2D eigenvalue weighted by molar-refractivity contribution is 5.68. The second-order valence-electron chi connectivity index (χ2n) is 8.06. The van der Waals surface area contributed by atoms with Crippen LogP contribution in [0.1, 0.15) is 65.0 Å². The molecule has 0 fully saturated rings. The van der Waals surface area contributed by atoms with Gasteiger partial charge in [0.05, 0.1) is 12.6 Å². The zero-order valence-corrected chi connectivity index (χ0v) is 18.8. The summed E-state index contributed by atoms with van der Waals surface area (Å²) in [5, 5.41) is 2.84. The minimum atomic E-state index is -0.523. The van der Waals surface area contributed by atoms with E-state index in [-0.39, 0.29) is 12.6 Å². The molecular weight excluding hydrogens is 386 g/mol. The van der Waals surface area contributed by atoms with Crippen molar-refractivity contribution >= 4 is 12.4 Å². The van der Waals surface area contributed by atoms with E-state index in [1.807, 2.05) is 52.0 Å². The highest BCUT2D eigenvalue weighted by atomic mass is 16.6. The quantitative estimate of drug-likeness (QED) is 0.332. The SMILES string of the molecule is CC(NC(=O)OC(C)(C)C)c1cccc(OCCCCCOCCCOCC=O)c1. The molecule has 0 aliphatic carbocycles. The molecule has 1 unspecified atom stereocenters. The number of ether oxygens (including phenoxy) is 4. The molecule has 0 heterocycles. The lowest BCUT2D eigenvalue weighted by atomic mass is 10.1. The molecular formula is C23H37NO6. The fraction of sp³-hybridized carbons (Fsp3) is 0.652. The van der Waals surface area contributed by atoms with Gasteiger partial charge in [0.2, 0.25) is 0 Å². The van der Waals surface area contributed by atoms with Gasteiger partial charge in [-0.05, 0) is 71.1 Å². The molecule has 7 nitrogen and oxygen atoms in total. The van der Waals surface area contributed by atoms with Crippen molar-refractivity contribution in [3.05, 3.63) is 29.8 Å². The van der Waals surface area contributed by atoms with Crippen LogP contribution in [-0.2, 0) is 19.0 Å². The molecule has 1 atom stereocenters. The average molecular weight is 424 g/mol. The Bertz CT molecular complexity index is 614. The molecule has 0 saturated carbocycles. The summed E-state index contributed by atoms with van der Waals surface area (Å²) in [6, 6.07) is 7.56. The van der Waals surface area contributed by atoms with Crippen LogP contribution in [0, 0.1) is 0 Å². The third-order valence-electron chi connectivity index (χ3n) is 4.06. The molecule has 0 radical (unpaired) electrons. The zero-order chi connectivity index (χ0) is 22.2. The summed E-state index contributed by atoms with van der Waals surface area (Å²) in [5.41, 5.74) is 0.439. The van der Waals surface area contributed by atoms with E-state index in [0.717, 1.165) is 49.9 Å². The normalized spacial score (nSPS) is 12.3. The molecule has 0 aliphatic heterocycles. The van der Waals surface area contributed by atoms with Crippen molar-refractivity contribution < 1.29 is 28.5 Å². The number of hydrogen-bond donors (Lipinski definition) is 1. The Morgan fingerprint density at radius 1 is 1.03 bits per heavy atom. The Morgan fingerprint density at radius 3 is 2.47 bits per heavy atom. The van der Waals surface area contributed by atoms with Crippen molar-refractivity contribution in [3.8, 4) is 5.75 Å². The number of carbonyl (C=O) groups excluding carboxylic acids is 2. The van der Waals surface area contributed by atoms with Gasteiger partial charge in [-0.3, -0.25) is 0 Å². The minimum absolute atomic E-state index is 0.155. The Hall–Kier alpha value is -2.12. The van der Waals surface area contributed by atoms with Gasteiger partial charge in [0.15, 0.2) is 0 Å². The van der Waals surface area contributed by atoms with Crippen molar-refractivity contribution in [2.24, 2.45) is 0 Å². The third kappa shape index (κ3) is 13.2. The second-order valence-corrected chi connectivity index (χ2v) is 8.06. The summed E-state index contributed by atoms with van der Waals surface area (Å²) in [6.45, 7) is 10.1. The lowest BCUT2D eigenvalue weighted by Crippen LogP contribution is -2.34. The maximum atomic E-state index is 11.9. The van der Waals surface area contributed by atoms with Crippen molar-refractivity contribution in [2.75, 3.05) is 33.0 Å². The van der Waals surface area contributed by atoms with E-state index < -0.39 is 11.7 Å². The lowest BCUT2D eigenvalue weighted by Gasteiger charge is -2.22. The highest BCUT2D eigenvalue weighted by Gasteiger charge is 2.18. The molecule has 0 saturated heterocycles. The number of hydrogen-bond acceptors (Lipinski definition) is 6. The molecule has 1 N–H and O–H groups in total.